The van der Waals surface area contributed by atoms with E-state index in [2.05, 4.69) is 15.3 Å². The molecular weight excluding hydrogens is 164 g/mol. The van der Waals surface area contributed by atoms with E-state index in [0.29, 0.717) is 6.54 Å². The zero-order valence-electron chi connectivity index (χ0n) is 8.33. The molecule has 3 N–H and O–H groups in total. The molecule has 0 aliphatic heterocycles. The van der Waals surface area contributed by atoms with Gasteiger partial charge in [0.25, 0.3) is 0 Å². The fourth-order valence-corrected chi connectivity index (χ4v) is 0.814. The Balaban J connectivity index is 2.51. The highest BCUT2D eigenvalue weighted by Crippen LogP contribution is 2.04. The number of nitrogens with two attached hydrogens (primary N) is 1. The number of hydrogen-bond donors (Lipinski definition) is 2. The molecule has 72 valence electrons. The molecule has 1 aromatic heterocycles. The van der Waals surface area contributed by atoms with Gasteiger partial charge in [0.15, 0.2) is 0 Å². The Hall–Kier alpha value is -1.16. The minimum absolute atomic E-state index is 0.217. The van der Waals surface area contributed by atoms with Crippen molar-refractivity contribution in [2.24, 2.45) is 5.73 Å². The first-order valence-corrected chi connectivity index (χ1v) is 4.29. The minimum Gasteiger partial charge on any atom is -0.381 e. The second kappa shape index (κ2) is 3.70. The number of aryl methyl sites for hydroxylation is 1. The number of anilines is 1. The monoisotopic (exact) mass is 180 g/mol. The van der Waals surface area contributed by atoms with Crippen LogP contribution in [-0.4, -0.2) is 22.1 Å². The van der Waals surface area contributed by atoms with Crippen molar-refractivity contribution in [1.29, 1.82) is 0 Å². The van der Waals surface area contributed by atoms with Crippen molar-refractivity contribution in [2.75, 3.05) is 11.9 Å². The Bertz CT molecular complexity index is 260. The molecule has 0 fully saturated rings. The molecule has 1 aromatic rings. The lowest BCUT2D eigenvalue weighted by Crippen LogP contribution is -2.39. The van der Waals surface area contributed by atoms with Gasteiger partial charge in [0.2, 0.25) is 0 Å². The zero-order chi connectivity index (χ0) is 9.90. The van der Waals surface area contributed by atoms with E-state index in [1.165, 1.54) is 0 Å². The van der Waals surface area contributed by atoms with Gasteiger partial charge in [-0.05, 0) is 20.8 Å². The lowest BCUT2D eigenvalue weighted by molar-refractivity contribution is 0.549. The molecule has 0 unspecified atom stereocenters. The summed E-state index contributed by atoms with van der Waals surface area (Å²) in [6, 6.07) is 0. The van der Waals surface area contributed by atoms with Crippen molar-refractivity contribution in [2.45, 2.75) is 26.3 Å². The van der Waals surface area contributed by atoms with Crippen molar-refractivity contribution in [1.82, 2.24) is 9.97 Å². The summed E-state index contributed by atoms with van der Waals surface area (Å²) in [6.07, 6.45) is 3.52. The maximum atomic E-state index is 5.81. The number of nitrogens with one attached hydrogen (secondary N) is 1. The molecule has 1 rings (SSSR count). The second-order valence-electron chi connectivity index (χ2n) is 3.86. The number of nitrogens with zero attached hydrogens (tertiary/aromatic N) is 2. The Kier molecular flexibility index (Phi) is 2.83. The van der Waals surface area contributed by atoms with Crippen LogP contribution >= 0.6 is 0 Å². The van der Waals surface area contributed by atoms with Gasteiger partial charge in [0.05, 0.1) is 18.1 Å². The third-order valence-corrected chi connectivity index (χ3v) is 1.53. The molecule has 0 aliphatic carbocycles. The summed E-state index contributed by atoms with van der Waals surface area (Å²) in [5.74, 6) is 0.776. The van der Waals surface area contributed by atoms with Crippen LogP contribution in [0.4, 0.5) is 5.69 Å². The number of hydrogen-bond acceptors (Lipinski definition) is 4. The van der Waals surface area contributed by atoms with E-state index in [1.807, 2.05) is 20.8 Å². The van der Waals surface area contributed by atoms with E-state index in [9.17, 15) is 0 Å². The normalized spacial score (nSPS) is 11.4. The molecule has 13 heavy (non-hydrogen) atoms. The predicted molar refractivity (Wildman–Crippen MR) is 53.5 cm³/mol. The van der Waals surface area contributed by atoms with Crippen LogP contribution in [0, 0.1) is 6.92 Å². The molecule has 4 heteroatoms. The van der Waals surface area contributed by atoms with Gasteiger partial charge in [-0.3, -0.25) is 0 Å². The van der Waals surface area contributed by atoms with Crippen LogP contribution in [0.5, 0.6) is 0 Å². The first-order chi connectivity index (χ1) is 5.97. The fraction of sp³-hybridized carbons (Fsp3) is 0.556. The van der Waals surface area contributed by atoms with Gasteiger partial charge in [-0.25, -0.2) is 9.97 Å². The summed E-state index contributed by atoms with van der Waals surface area (Å²) in [5, 5.41) is 3.16. The zero-order valence-corrected chi connectivity index (χ0v) is 8.33. The standard InChI is InChI=1S/C9H16N4/c1-7-11-4-8(5-12-7)13-6-9(2,3)10/h4-5,13H,6,10H2,1-3H3. The van der Waals surface area contributed by atoms with Gasteiger partial charge in [-0.1, -0.05) is 0 Å². The van der Waals surface area contributed by atoms with Gasteiger partial charge < -0.3 is 11.1 Å². The largest absolute Gasteiger partial charge is 0.381 e. The maximum Gasteiger partial charge on any atom is 0.125 e. The average Bonchev–Trinajstić information content (AvgIpc) is 2.02. The topological polar surface area (TPSA) is 63.8 Å². The van der Waals surface area contributed by atoms with Gasteiger partial charge in [0, 0.05) is 12.1 Å². The van der Waals surface area contributed by atoms with E-state index in [-0.39, 0.29) is 5.54 Å². The SMILES string of the molecule is Cc1ncc(NCC(C)(C)N)cn1. The highest BCUT2D eigenvalue weighted by Gasteiger charge is 2.09. The van der Waals surface area contributed by atoms with E-state index in [1.54, 1.807) is 12.4 Å². The Morgan fingerprint density at radius 1 is 1.38 bits per heavy atom. The van der Waals surface area contributed by atoms with E-state index < -0.39 is 0 Å². The third kappa shape index (κ3) is 3.85. The van der Waals surface area contributed by atoms with Crippen molar-refractivity contribution in [3.05, 3.63) is 18.2 Å². The van der Waals surface area contributed by atoms with E-state index in [0.717, 1.165) is 11.5 Å². The fourth-order valence-electron chi connectivity index (χ4n) is 0.814. The predicted octanol–water partition coefficient (Wildman–Crippen LogP) is 0.934. The Morgan fingerprint density at radius 3 is 2.38 bits per heavy atom. The summed E-state index contributed by atoms with van der Waals surface area (Å²) in [4.78, 5) is 8.13. The molecule has 0 bridgehead atoms. The van der Waals surface area contributed by atoms with Crippen molar-refractivity contribution < 1.29 is 0 Å². The van der Waals surface area contributed by atoms with Crippen LogP contribution in [0.3, 0.4) is 0 Å². The maximum absolute atomic E-state index is 5.81. The number of rotatable bonds is 3. The Labute approximate surface area is 78.6 Å². The first-order valence-electron chi connectivity index (χ1n) is 4.29. The molecule has 0 amide bonds. The van der Waals surface area contributed by atoms with E-state index in [4.69, 9.17) is 5.73 Å². The van der Waals surface area contributed by atoms with Crippen LogP contribution in [0.2, 0.25) is 0 Å². The quantitative estimate of drug-likeness (QED) is 0.726. The average molecular weight is 180 g/mol. The van der Waals surface area contributed by atoms with Crippen LogP contribution in [-0.2, 0) is 0 Å². The highest BCUT2D eigenvalue weighted by atomic mass is 15.0. The van der Waals surface area contributed by atoms with Crippen LogP contribution in [0.1, 0.15) is 19.7 Å². The molecular formula is C9H16N4. The summed E-state index contributed by atoms with van der Waals surface area (Å²) in [5.41, 5.74) is 6.50. The van der Waals surface area contributed by atoms with Gasteiger partial charge in [-0.2, -0.15) is 0 Å². The summed E-state index contributed by atoms with van der Waals surface area (Å²) in [7, 11) is 0. The molecule has 0 spiro atoms. The second-order valence-corrected chi connectivity index (χ2v) is 3.86. The third-order valence-electron chi connectivity index (χ3n) is 1.53. The molecule has 0 aliphatic rings. The van der Waals surface area contributed by atoms with Gasteiger partial charge in [0.1, 0.15) is 5.82 Å². The lowest BCUT2D eigenvalue weighted by Gasteiger charge is -2.19. The summed E-state index contributed by atoms with van der Waals surface area (Å²) < 4.78 is 0. The minimum atomic E-state index is -0.217. The van der Waals surface area contributed by atoms with E-state index >= 15 is 0 Å². The highest BCUT2D eigenvalue weighted by molar-refractivity contribution is 5.38. The molecule has 4 nitrogen and oxygen atoms in total. The summed E-state index contributed by atoms with van der Waals surface area (Å²) >= 11 is 0. The van der Waals surface area contributed by atoms with Crippen molar-refractivity contribution >= 4 is 5.69 Å². The molecule has 0 aromatic carbocycles. The summed E-state index contributed by atoms with van der Waals surface area (Å²) in [6.45, 7) is 6.50. The smallest absolute Gasteiger partial charge is 0.125 e. The molecule has 0 saturated heterocycles. The molecule has 0 radical (unpaired) electrons. The molecule has 1 heterocycles. The van der Waals surface area contributed by atoms with Crippen LogP contribution in [0.15, 0.2) is 12.4 Å². The Morgan fingerprint density at radius 2 is 1.92 bits per heavy atom. The van der Waals surface area contributed by atoms with Crippen molar-refractivity contribution in [3.8, 4) is 0 Å². The lowest BCUT2D eigenvalue weighted by atomic mass is 10.1. The first kappa shape index (κ1) is 9.92. The molecule has 0 saturated carbocycles. The molecule has 0 atom stereocenters. The van der Waals surface area contributed by atoms with Crippen LogP contribution in [0.25, 0.3) is 0 Å². The van der Waals surface area contributed by atoms with Crippen LogP contribution < -0.4 is 11.1 Å². The van der Waals surface area contributed by atoms with Crippen molar-refractivity contribution in [3.63, 3.8) is 0 Å². The van der Waals surface area contributed by atoms with Gasteiger partial charge in [-0.15, -0.1) is 0 Å². The number of aromatic nitrogens is 2. The van der Waals surface area contributed by atoms with Gasteiger partial charge >= 0.3 is 0 Å².